The van der Waals surface area contributed by atoms with E-state index in [1.54, 1.807) is 0 Å². The van der Waals surface area contributed by atoms with Gasteiger partial charge in [0.1, 0.15) is 0 Å². The van der Waals surface area contributed by atoms with Gasteiger partial charge in [0.25, 0.3) is 0 Å². The van der Waals surface area contributed by atoms with Crippen molar-refractivity contribution in [1.82, 2.24) is 0 Å². The van der Waals surface area contributed by atoms with Crippen LogP contribution in [0.5, 0.6) is 0 Å². The summed E-state index contributed by atoms with van der Waals surface area (Å²) in [6.45, 7) is 0.560. The van der Waals surface area contributed by atoms with Gasteiger partial charge >= 0.3 is 0 Å². The van der Waals surface area contributed by atoms with Crippen LogP contribution in [0.4, 0.5) is 5.69 Å². The third kappa shape index (κ3) is 2.91. The Labute approximate surface area is 158 Å². The van der Waals surface area contributed by atoms with Crippen molar-refractivity contribution < 1.29 is 0 Å². The molecule has 27 heavy (non-hydrogen) atoms. The highest BCUT2D eigenvalue weighted by Gasteiger charge is 2.15. The first-order valence-electron chi connectivity index (χ1n) is 9.36. The maximum atomic E-state index is 6.19. The number of nitrogens with two attached hydrogens (primary N) is 1. The lowest BCUT2D eigenvalue weighted by Crippen LogP contribution is -2.22. The van der Waals surface area contributed by atoms with Gasteiger partial charge in [-0.2, -0.15) is 0 Å². The zero-order valence-electron chi connectivity index (χ0n) is 15.1. The molecule has 5 rings (SSSR count). The van der Waals surface area contributed by atoms with Gasteiger partial charge in [0.15, 0.2) is 5.96 Å². The number of hydrogen-bond acceptors (Lipinski definition) is 1. The van der Waals surface area contributed by atoms with Crippen LogP contribution in [0.3, 0.4) is 0 Å². The minimum atomic E-state index is 0.446. The minimum absolute atomic E-state index is 0.446. The summed E-state index contributed by atoms with van der Waals surface area (Å²) in [5.74, 6) is 0.446. The molecular weight excluding hydrogens is 330 g/mol. The monoisotopic (exact) mass is 351 g/mol. The first-order valence-corrected chi connectivity index (χ1v) is 9.36. The number of benzene rings is 4. The molecule has 0 unspecified atom stereocenters. The second-order valence-corrected chi connectivity index (χ2v) is 7.12. The van der Waals surface area contributed by atoms with E-state index in [9.17, 15) is 0 Å². The largest absolute Gasteiger partial charge is 0.370 e. The Morgan fingerprint density at radius 3 is 2.56 bits per heavy atom. The van der Waals surface area contributed by atoms with E-state index in [-0.39, 0.29) is 0 Å². The number of aliphatic imine (C=N–C) groups is 1. The molecule has 132 valence electrons. The van der Waals surface area contributed by atoms with Gasteiger partial charge in [0, 0.05) is 11.1 Å². The Morgan fingerprint density at radius 1 is 0.852 bits per heavy atom. The molecule has 0 spiro atoms. The summed E-state index contributed by atoms with van der Waals surface area (Å²) in [5, 5.41) is 8.38. The van der Waals surface area contributed by atoms with E-state index in [0.29, 0.717) is 12.5 Å². The zero-order valence-corrected chi connectivity index (χ0v) is 15.1. The maximum Gasteiger partial charge on any atom is 0.193 e. The van der Waals surface area contributed by atoms with Gasteiger partial charge in [-0.15, -0.1) is 0 Å². The van der Waals surface area contributed by atoms with Crippen molar-refractivity contribution in [3.63, 3.8) is 0 Å². The van der Waals surface area contributed by atoms with Gasteiger partial charge in [-0.3, -0.25) is 0 Å². The van der Waals surface area contributed by atoms with E-state index in [2.05, 4.69) is 83.1 Å². The van der Waals surface area contributed by atoms with Crippen LogP contribution in [0.2, 0.25) is 0 Å². The van der Waals surface area contributed by atoms with Crippen LogP contribution < -0.4 is 11.1 Å². The fraction of sp³-hybridized carbons (Fsp3) is 0.125. The summed E-state index contributed by atoms with van der Waals surface area (Å²) >= 11 is 0. The summed E-state index contributed by atoms with van der Waals surface area (Å²) in [6.07, 6.45) is 2.25. The predicted molar refractivity (Wildman–Crippen MR) is 114 cm³/mol. The second kappa shape index (κ2) is 6.44. The number of fused-ring (bicyclic) bond motifs is 1. The number of rotatable bonds is 3. The Bertz CT molecular complexity index is 1180. The van der Waals surface area contributed by atoms with Crippen molar-refractivity contribution in [2.45, 2.75) is 19.4 Å². The number of hydrogen-bond donors (Lipinski definition) is 2. The number of anilines is 1. The van der Waals surface area contributed by atoms with Crippen LogP contribution in [0.15, 0.2) is 77.8 Å². The third-order valence-corrected chi connectivity index (χ3v) is 5.39. The van der Waals surface area contributed by atoms with Crippen LogP contribution in [-0.4, -0.2) is 5.96 Å². The summed E-state index contributed by atoms with van der Waals surface area (Å²) in [4.78, 5) is 4.55. The third-order valence-electron chi connectivity index (χ3n) is 5.39. The van der Waals surface area contributed by atoms with Crippen molar-refractivity contribution >= 4 is 33.2 Å². The Hall–Kier alpha value is -3.33. The molecule has 0 saturated heterocycles. The summed E-state index contributed by atoms with van der Waals surface area (Å²) < 4.78 is 0. The molecule has 0 radical (unpaired) electrons. The predicted octanol–water partition coefficient (Wildman–Crippen LogP) is 5.02. The van der Waals surface area contributed by atoms with Crippen molar-refractivity contribution in [2.75, 3.05) is 5.32 Å². The molecule has 0 atom stereocenters. The molecule has 0 heterocycles. The van der Waals surface area contributed by atoms with Crippen molar-refractivity contribution in [2.24, 2.45) is 10.7 Å². The van der Waals surface area contributed by atoms with E-state index in [1.807, 2.05) is 0 Å². The van der Waals surface area contributed by atoms with Crippen molar-refractivity contribution in [1.29, 1.82) is 0 Å². The van der Waals surface area contributed by atoms with E-state index in [1.165, 1.54) is 32.7 Å². The average molecular weight is 351 g/mol. The fourth-order valence-electron chi connectivity index (χ4n) is 4.05. The van der Waals surface area contributed by atoms with Gasteiger partial charge in [-0.25, -0.2) is 4.99 Å². The number of guanidine groups is 1. The van der Waals surface area contributed by atoms with Crippen molar-refractivity contribution in [3.05, 3.63) is 89.5 Å². The molecule has 3 heteroatoms. The molecule has 0 saturated carbocycles. The molecule has 0 bridgehead atoms. The molecule has 1 aliphatic carbocycles. The first kappa shape index (κ1) is 15.9. The van der Waals surface area contributed by atoms with E-state index < -0.39 is 0 Å². The number of nitrogens with one attached hydrogen (secondary N) is 1. The minimum Gasteiger partial charge on any atom is -0.370 e. The van der Waals surface area contributed by atoms with E-state index in [0.717, 1.165) is 24.1 Å². The molecular formula is C24H21N3. The Balaban J connectivity index is 1.40. The molecule has 3 nitrogen and oxygen atoms in total. The quantitative estimate of drug-likeness (QED) is 0.402. The van der Waals surface area contributed by atoms with E-state index in [4.69, 9.17) is 5.73 Å². The highest BCUT2D eigenvalue weighted by Crippen LogP contribution is 2.34. The molecule has 4 aromatic rings. The topological polar surface area (TPSA) is 50.4 Å². The molecule has 3 N–H and O–H groups in total. The Kier molecular flexibility index (Phi) is 3.79. The van der Waals surface area contributed by atoms with Gasteiger partial charge in [0.2, 0.25) is 0 Å². The SMILES string of the molecule is NC(=NCc1ccc2ccccc2c1)Nc1ccc2c3c(cccc13)CC2. The maximum absolute atomic E-state index is 6.19. The van der Waals surface area contributed by atoms with Crippen LogP contribution >= 0.6 is 0 Å². The lowest BCUT2D eigenvalue weighted by atomic mass is 10.0. The first-order chi connectivity index (χ1) is 13.3. The summed E-state index contributed by atoms with van der Waals surface area (Å²) in [6, 6.07) is 25.6. The molecule has 0 fully saturated rings. The lowest BCUT2D eigenvalue weighted by Gasteiger charge is -2.11. The number of aryl methyl sites for hydroxylation is 2. The summed E-state index contributed by atoms with van der Waals surface area (Å²) in [7, 11) is 0. The second-order valence-electron chi connectivity index (χ2n) is 7.12. The van der Waals surface area contributed by atoms with Crippen LogP contribution in [0.1, 0.15) is 16.7 Å². The smallest absolute Gasteiger partial charge is 0.193 e. The fourth-order valence-corrected chi connectivity index (χ4v) is 4.05. The van der Waals surface area contributed by atoms with E-state index >= 15 is 0 Å². The van der Waals surface area contributed by atoms with Crippen LogP contribution in [0.25, 0.3) is 21.5 Å². The molecule has 0 amide bonds. The van der Waals surface area contributed by atoms with Gasteiger partial charge in [-0.05, 0) is 57.8 Å². The highest BCUT2D eigenvalue weighted by atomic mass is 15.1. The van der Waals surface area contributed by atoms with Gasteiger partial charge < -0.3 is 11.1 Å². The molecule has 4 aromatic carbocycles. The average Bonchev–Trinajstić information content (AvgIpc) is 3.13. The standard InChI is InChI=1S/C24H21N3/c25-24(26-15-16-8-9-17-4-1-2-5-20(17)14-16)27-22-13-12-19-11-10-18-6-3-7-21(22)23(18)19/h1-9,12-14H,10-11,15H2,(H3,25,26,27). The molecule has 0 aromatic heterocycles. The van der Waals surface area contributed by atoms with Crippen LogP contribution in [-0.2, 0) is 19.4 Å². The lowest BCUT2D eigenvalue weighted by molar-refractivity contribution is 1.02. The van der Waals surface area contributed by atoms with Crippen LogP contribution in [0, 0.1) is 0 Å². The van der Waals surface area contributed by atoms with Gasteiger partial charge in [0.05, 0.1) is 6.54 Å². The molecule has 0 aliphatic heterocycles. The van der Waals surface area contributed by atoms with Gasteiger partial charge in [-0.1, -0.05) is 60.7 Å². The normalized spacial score (nSPS) is 13.4. The summed E-state index contributed by atoms with van der Waals surface area (Å²) in [5.41, 5.74) is 11.2. The highest BCUT2D eigenvalue weighted by molar-refractivity contribution is 6.05. The number of nitrogens with zero attached hydrogens (tertiary/aromatic N) is 1. The van der Waals surface area contributed by atoms with Crippen molar-refractivity contribution in [3.8, 4) is 0 Å². The molecule has 1 aliphatic rings. The zero-order chi connectivity index (χ0) is 18.2. The Morgan fingerprint density at radius 2 is 1.67 bits per heavy atom.